The normalized spacial score (nSPS) is 13.8. The van der Waals surface area contributed by atoms with E-state index in [0.29, 0.717) is 24.8 Å². The van der Waals surface area contributed by atoms with Crippen molar-refractivity contribution in [2.45, 2.75) is 53.9 Å². The van der Waals surface area contributed by atoms with Crippen LogP contribution < -0.4 is 5.32 Å². The molecule has 0 aliphatic rings. The number of hydrogen-bond acceptors (Lipinski definition) is 2. The number of aliphatic hydroxyl groups is 1. The molecule has 0 rings (SSSR count). The predicted molar refractivity (Wildman–Crippen MR) is 71.7 cm³/mol. The highest BCUT2D eigenvalue weighted by Crippen LogP contribution is 2.20. The van der Waals surface area contributed by atoms with Gasteiger partial charge in [-0.05, 0) is 30.1 Å². The number of amides is 1. The minimum Gasteiger partial charge on any atom is -0.396 e. The molecule has 1 amide bonds. The lowest BCUT2D eigenvalue weighted by Crippen LogP contribution is -2.28. The minimum atomic E-state index is -0.0318. The van der Waals surface area contributed by atoms with Crippen LogP contribution in [-0.2, 0) is 4.79 Å². The van der Waals surface area contributed by atoms with Crippen LogP contribution in [0.1, 0.15) is 53.9 Å². The lowest BCUT2D eigenvalue weighted by Gasteiger charge is -2.21. The molecule has 0 heterocycles. The van der Waals surface area contributed by atoms with Crippen molar-refractivity contribution in [1.29, 1.82) is 0 Å². The van der Waals surface area contributed by atoms with E-state index in [1.165, 1.54) is 0 Å². The Hall–Kier alpha value is -0.570. The van der Waals surface area contributed by atoms with Crippen LogP contribution in [0.2, 0.25) is 0 Å². The van der Waals surface area contributed by atoms with Crippen molar-refractivity contribution in [2.75, 3.05) is 13.2 Å². The zero-order chi connectivity index (χ0) is 13.5. The van der Waals surface area contributed by atoms with E-state index >= 15 is 0 Å². The van der Waals surface area contributed by atoms with Gasteiger partial charge in [-0.3, -0.25) is 4.79 Å². The van der Waals surface area contributed by atoms with E-state index in [-0.39, 0.29) is 17.9 Å². The second-order valence-corrected chi connectivity index (χ2v) is 6.20. The lowest BCUT2D eigenvalue weighted by atomic mass is 9.89. The van der Waals surface area contributed by atoms with Gasteiger partial charge in [-0.2, -0.15) is 0 Å². The summed E-state index contributed by atoms with van der Waals surface area (Å²) < 4.78 is 0. The van der Waals surface area contributed by atoms with Crippen LogP contribution in [0.5, 0.6) is 0 Å². The zero-order valence-corrected chi connectivity index (χ0v) is 12.0. The largest absolute Gasteiger partial charge is 0.396 e. The quantitative estimate of drug-likeness (QED) is 0.644. The Morgan fingerprint density at radius 3 is 2.35 bits per heavy atom. The predicted octanol–water partition coefficient (Wildman–Crippen LogP) is 2.58. The summed E-state index contributed by atoms with van der Waals surface area (Å²) in [5, 5.41) is 12.0. The summed E-state index contributed by atoms with van der Waals surface area (Å²) >= 11 is 0. The molecule has 0 spiro atoms. The molecule has 0 aromatic carbocycles. The first-order valence-corrected chi connectivity index (χ1v) is 6.66. The summed E-state index contributed by atoms with van der Waals surface area (Å²) in [6.07, 6.45) is 2.47. The number of rotatable bonds is 8. The molecule has 0 saturated carbocycles. The Kier molecular flexibility index (Phi) is 7.44. The molecule has 1 unspecified atom stereocenters. The Morgan fingerprint density at radius 2 is 1.88 bits per heavy atom. The van der Waals surface area contributed by atoms with E-state index in [2.05, 4.69) is 26.1 Å². The average molecular weight is 243 g/mol. The molecule has 17 heavy (non-hydrogen) atoms. The molecule has 1 atom stereocenters. The van der Waals surface area contributed by atoms with Gasteiger partial charge < -0.3 is 10.4 Å². The van der Waals surface area contributed by atoms with Crippen molar-refractivity contribution in [2.24, 2.45) is 17.3 Å². The van der Waals surface area contributed by atoms with Gasteiger partial charge in [0, 0.05) is 19.6 Å². The first-order valence-electron chi connectivity index (χ1n) is 6.66. The zero-order valence-electron chi connectivity index (χ0n) is 12.0. The Bertz CT molecular complexity index is 224. The first-order chi connectivity index (χ1) is 7.78. The molecule has 0 fully saturated rings. The molecule has 0 aromatic rings. The van der Waals surface area contributed by atoms with Crippen LogP contribution in [0.3, 0.4) is 0 Å². The molecule has 3 heteroatoms. The van der Waals surface area contributed by atoms with Crippen LogP contribution in [-0.4, -0.2) is 24.2 Å². The summed E-state index contributed by atoms with van der Waals surface area (Å²) in [4.78, 5) is 11.6. The van der Waals surface area contributed by atoms with Crippen molar-refractivity contribution < 1.29 is 9.90 Å². The van der Waals surface area contributed by atoms with Crippen molar-refractivity contribution in [1.82, 2.24) is 5.32 Å². The molecule has 0 aliphatic carbocycles. The van der Waals surface area contributed by atoms with E-state index in [4.69, 9.17) is 5.11 Å². The standard InChI is InChI=1S/C14H29NO2/c1-11(2)12(3)9-13(17)15-8-6-7-14(4,5)10-16/h11-12,16H,6-10H2,1-5H3,(H,15,17). The Labute approximate surface area is 106 Å². The second kappa shape index (κ2) is 7.70. The van der Waals surface area contributed by atoms with Crippen LogP contribution in [0, 0.1) is 17.3 Å². The van der Waals surface area contributed by atoms with E-state index < -0.39 is 0 Å². The molecule has 0 bridgehead atoms. The minimum absolute atomic E-state index is 0.0318. The maximum atomic E-state index is 11.6. The summed E-state index contributed by atoms with van der Waals surface area (Å²) in [6, 6.07) is 0. The van der Waals surface area contributed by atoms with Crippen LogP contribution in [0.25, 0.3) is 0 Å². The maximum absolute atomic E-state index is 11.6. The van der Waals surface area contributed by atoms with Gasteiger partial charge >= 0.3 is 0 Å². The number of hydrogen-bond donors (Lipinski definition) is 2. The molecule has 102 valence electrons. The third kappa shape index (κ3) is 8.19. The average Bonchev–Trinajstić information content (AvgIpc) is 2.24. The van der Waals surface area contributed by atoms with Gasteiger partial charge in [-0.25, -0.2) is 0 Å². The molecule has 0 aliphatic heterocycles. The molecule has 0 saturated heterocycles. The van der Waals surface area contributed by atoms with Gasteiger partial charge in [0.2, 0.25) is 5.91 Å². The van der Waals surface area contributed by atoms with E-state index in [9.17, 15) is 4.79 Å². The summed E-state index contributed by atoms with van der Waals surface area (Å²) in [5.74, 6) is 1.13. The van der Waals surface area contributed by atoms with Crippen LogP contribution >= 0.6 is 0 Å². The summed E-state index contributed by atoms with van der Waals surface area (Å²) in [6.45, 7) is 11.4. The van der Waals surface area contributed by atoms with Gasteiger partial charge in [0.1, 0.15) is 0 Å². The highest BCUT2D eigenvalue weighted by atomic mass is 16.3. The fourth-order valence-corrected chi connectivity index (χ4v) is 1.47. The number of nitrogens with one attached hydrogen (secondary N) is 1. The van der Waals surface area contributed by atoms with Gasteiger partial charge in [-0.15, -0.1) is 0 Å². The van der Waals surface area contributed by atoms with Crippen molar-refractivity contribution >= 4 is 5.91 Å². The Morgan fingerprint density at radius 1 is 1.29 bits per heavy atom. The topological polar surface area (TPSA) is 49.3 Å². The van der Waals surface area contributed by atoms with Crippen LogP contribution in [0.4, 0.5) is 0 Å². The highest BCUT2D eigenvalue weighted by Gasteiger charge is 2.16. The molecular weight excluding hydrogens is 214 g/mol. The summed E-state index contributed by atoms with van der Waals surface area (Å²) in [7, 11) is 0. The van der Waals surface area contributed by atoms with Crippen molar-refractivity contribution in [3.8, 4) is 0 Å². The van der Waals surface area contributed by atoms with Crippen LogP contribution in [0.15, 0.2) is 0 Å². The van der Waals surface area contributed by atoms with Gasteiger partial charge in [0.05, 0.1) is 0 Å². The molecule has 0 radical (unpaired) electrons. The number of carbonyl (C=O) groups is 1. The van der Waals surface area contributed by atoms with E-state index in [0.717, 1.165) is 12.8 Å². The molecule has 3 nitrogen and oxygen atoms in total. The van der Waals surface area contributed by atoms with Crippen molar-refractivity contribution in [3.63, 3.8) is 0 Å². The fourth-order valence-electron chi connectivity index (χ4n) is 1.47. The number of carbonyl (C=O) groups excluding carboxylic acids is 1. The maximum Gasteiger partial charge on any atom is 0.220 e. The SMILES string of the molecule is CC(C)C(C)CC(=O)NCCCC(C)(C)CO. The lowest BCUT2D eigenvalue weighted by molar-refractivity contribution is -0.122. The van der Waals surface area contributed by atoms with Gasteiger partial charge in [0.25, 0.3) is 0 Å². The van der Waals surface area contributed by atoms with E-state index in [1.807, 2.05) is 13.8 Å². The van der Waals surface area contributed by atoms with Gasteiger partial charge in [0.15, 0.2) is 0 Å². The summed E-state index contributed by atoms with van der Waals surface area (Å²) in [5.41, 5.74) is -0.0318. The highest BCUT2D eigenvalue weighted by molar-refractivity contribution is 5.76. The molecule has 0 aromatic heterocycles. The third-order valence-electron chi connectivity index (χ3n) is 3.43. The Balaban J connectivity index is 3.66. The smallest absolute Gasteiger partial charge is 0.220 e. The molecule has 2 N–H and O–H groups in total. The van der Waals surface area contributed by atoms with E-state index in [1.54, 1.807) is 0 Å². The number of aliphatic hydroxyl groups excluding tert-OH is 1. The first kappa shape index (κ1) is 16.4. The second-order valence-electron chi connectivity index (χ2n) is 6.20. The third-order valence-corrected chi connectivity index (χ3v) is 3.43. The molecular formula is C14H29NO2. The monoisotopic (exact) mass is 243 g/mol. The van der Waals surface area contributed by atoms with Crippen molar-refractivity contribution in [3.05, 3.63) is 0 Å². The van der Waals surface area contributed by atoms with Gasteiger partial charge in [-0.1, -0.05) is 34.6 Å². The fraction of sp³-hybridized carbons (Fsp3) is 0.929.